The van der Waals surface area contributed by atoms with E-state index in [1.807, 2.05) is 121 Å². The molecule has 0 fully saturated rings. The number of nitrogens with zero attached hydrogens (tertiary/aromatic N) is 6. The number of benzene rings is 6. The van der Waals surface area contributed by atoms with Crippen LogP contribution in [0.25, 0.3) is 89.0 Å². The van der Waals surface area contributed by atoms with Crippen LogP contribution in [0.3, 0.4) is 0 Å². The van der Waals surface area contributed by atoms with Crippen molar-refractivity contribution in [1.82, 2.24) is 28.9 Å². The highest BCUT2D eigenvalue weighted by atomic mass is 16.1. The Balaban J connectivity index is 1.16. The molecule has 0 amide bonds. The molecule has 4 aromatic heterocycles. The minimum absolute atomic E-state index is 0.0893. The predicted molar refractivity (Wildman–Crippen MR) is 201 cm³/mol. The Kier molecular flexibility index (Phi) is 6.19. The molecular formula is C43H26N6O. The van der Waals surface area contributed by atoms with Crippen molar-refractivity contribution < 1.29 is 0 Å². The van der Waals surface area contributed by atoms with Crippen LogP contribution in [0.2, 0.25) is 0 Å². The highest BCUT2D eigenvalue weighted by Gasteiger charge is 2.19. The van der Waals surface area contributed by atoms with E-state index in [9.17, 15) is 4.79 Å². The molecule has 0 radical (unpaired) electrons. The van der Waals surface area contributed by atoms with Crippen LogP contribution in [0.5, 0.6) is 0 Å². The number of para-hydroxylation sites is 1. The molecule has 0 aliphatic carbocycles. The van der Waals surface area contributed by atoms with Gasteiger partial charge in [-0.1, -0.05) is 115 Å². The molecule has 0 N–H and O–H groups in total. The lowest BCUT2D eigenvalue weighted by Gasteiger charge is -2.11. The summed E-state index contributed by atoms with van der Waals surface area (Å²) >= 11 is 0. The molecule has 4 heterocycles. The van der Waals surface area contributed by atoms with Crippen molar-refractivity contribution in [3.63, 3.8) is 0 Å². The van der Waals surface area contributed by atoms with Crippen LogP contribution in [0, 0.1) is 0 Å². The fraction of sp³-hybridized carbons (Fsp3) is 0. The van der Waals surface area contributed by atoms with Gasteiger partial charge in [0.1, 0.15) is 5.65 Å². The van der Waals surface area contributed by atoms with Crippen molar-refractivity contribution in [1.29, 1.82) is 0 Å². The summed E-state index contributed by atoms with van der Waals surface area (Å²) in [5.41, 5.74) is 6.97. The number of aromatic nitrogens is 6. The summed E-state index contributed by atoms with van der Waals surface area (Å²) in [5.74, 6) is 1.75. The average molecular weight is 643 g/mol. The third-order valence-electron chi connectivity index (χ3n) is 9.40. The maximum Gasteiger partial charge on any atom is 0.265 e. The Labute approximate surface area is 285 Å². The van der Waals surface area contributed by atoms with E-state index < -0.39 is 0 Å². The third kappa shape index (κ3) is 4.41. The molecule has 234 valence electrons. The zero-order valence-electron chi connectivity index (χ0n) is 26.6. The van der Waals surface area contributed by atoms with Crippen LogP contribution in [0.15, 0.2) is 163 Å². The van der Waals surface area contributed by atoms with E-state index in [2.05, 4.69) is 41.0 Å². The minimum atomic E-state index is -0.0893. The molecule has 0 aliphatic heterocycles. The van der Waals surface area contributed by atoms with Crippen LogP contribution < -0.4 is 5.56 Å². The highest BCUT2D eigenvalue weighted by Crippen LogP contribution is 2.35. The van der Waals surface area contributed by atoms with E-state index in [-0.39, 0.29) is 5.56 Å². The van der Waals surface area contributed by atoms with Crippen molar-refractivity contribution in [3.8, 4) is 39.9 Å². The minimum Gasteiger partial charge on any atom is -0.278 e. The van der Waals surface area contributed by atoms with Crippen LogP contribution in [-0.4, -0.2) is 28.9 Å². The molecule has 7 heteroatoms. The Morgan fingerprint density at radius 2 is 1.04 bits per heavy atom. The lowest BCUT2D eigenvalue weighted by Crippen LogP contribution is -2.15. The largest absolute Gasteiger partial charge is 0.278 e. The molecule has 0 spiro atoms. The van der Waals surface area contributed by atoms with Gasteiger partial charge in [-0.25, -0.2) is 9.97 Å². The van der Waals surface area contributed by atoms with Crippen LogP contribution in [0.1, 0.15) is 0 Å². The number of fused-ring (bicyclic) bond motifs is 7. The first-order valence-corrected chi connectivity index (χ1v) is 16.4. The van der Waals surface area contributed by atoms with Gasteiger partial charge in [-0.05, 0) is 52.9 Å². The van der Waals surface area contributed by atoms with Gasteiger partial charge < -0.3 is 0 Å². The maximum absolute atomic E-state index is 13.8. The van der Waals surface area contributed by atoms with Gasteiger partial charge in [-0.3, -0.25) is 13.8 Å². The molecular weight excluding hydrogens is 617 g/mol. The van der Waals surface area contributed by atoms with Crippen molar-refractivity contribution in [2.24, 2.45) is 0 Å². The summed E-state index contributed by atoms with van der Waals surface area (Å²) in [7, 11) is 0. The average Bonchev–Trinajstić information content (AvgIpc) is 3.52. The monoisotopic (exact) mass is 642 g/mol. The predicted octanol–water partition coefficient (Wildman–Crippen LogP) is 9.28. The van der Waals surface area contributed by atoms with Gasteiger partial charge in [0.05, 0.1) is 21.9 Å². The molecule has 50 heavy (non-hydrogen) atoms. The van der Waals surface area contributed by atoms with Gasteiger partial charge in [0, 0.05) is 33.5 Å². The summed E-state index contributed by atoms with van der Waals surface area (Å²) in [6.07, 6.45) is 1.81. The van der Waals surface area contributed by atoms with E-state index in [4.69, 9.17) is 19.9 Å². The lowest BCUT2D eigenvalue weighted by molar-refractivity contribution is 0.953. The van der Waals surface area contributed by atoms with Crippen molar-refractivity contribution >= 4 is 49.1 Å². The van der Waals surface area contributed by atoms with Crippen LogP contribution >= 0.6 is 0 Å². The maximum atomic E-state index is 13.8. The summed E-state index contributed by atoms with van der Waals surface area (Å²) < 4.78 is 3.76. The molecule has 0 bridgehead atoms. The second-order valence-electron chi connectivity index (χ2n) is 12.3. The SMILES string of the molecule is O=c1c2cc(-c3ccc4c(c3)c3ccccc3n4-c3nc(-c4ccccc4)nc(-c4ccccc4)n3)ccc2nc2c3ccccc3ccn12. The first-order chi connectivity index (χ1) is 24.7. The lowest BCUT2D eigenvalue weighted by atomic mass is 10.0. The number of pyridine rings is 1. The molecule has 0 atom stereocenters. The highest BCUT2D eigenvalue weighted by molar-refractivity contribution is 6.10. The third-order valence-corrected chi connectivity index (χ3v) is 9.40. The Hall–Kier alpha value is -6.99. The summed E-state index contributed by atoms with van der Waals surface area (Å²) in [6.45, 7) is 0. The zero-order chi connectivity index (χ0) is 33.2. The molecule has 0 saturated carbocycles. The fourth-order valence-electron chi connectivity index (χ4n) is 6.97. The van der Waals surface area contributed by atoms with E-state index in [1.54, 1.807) is 4.40 Å². The number of hydrogen-bond acceptors (Lipinski definition) is 5. The van der Waals surface area contributed by atoms with Gasteiger partial charge in [0.25, 0.3) is 5.56 Å². The number of hydrogen-bond donors (Lipinski definition) is 0. The van der Waals surface area contributed by atoms with Crippen molar-refractivity contribution in [2.75, 3.05) is 0 Å². The molecule has 0 saturated heterocycles. The van der Waals surface area contributed by atoms with Gasteiger partial charge in [0.15, 0.2) is 11.6 Å². The molecule has 0 aliphatic rings. The molecule has 10 aromatic rings. The zero-order valence-corrected chi connectivity index (χ0v) is 26.6. The van der Waals surface area contributed by atoms with Crippen LogP contribution in [-0.2, 0) is 0 Å². The summed E-state index contributed by atoms with van der Waals surface area (Å²) in [4.78, 5) is 33.7. The van der Waals surface area contributed by atoms with Crippen molar-refractivity contribution in [2.45, 2.75) is 0 Å². The molecule has 10 rings (SSSR count). The number of rotatable bonds is 4. The van der Waals surface area contributed by atoms with Crippen molar-refractivity contribution in [3.05, 3.63) is 168 Å². The second kappa shape index (κ2) is 11.0. The first-order valence-electron chi connectivity index (χ1n) is 16.4. The Morgan fingerprint density at radius 3 is 1.78 bits per heavy atom. The first kappa shape index (κ1) is 28.1. The van der Waals surface area contributed by atoms with Gasteiger partial charge in [-0.15, -0.1) is 0 Å². The van der Waals surface area contributed by atoms with Gasteiger partial charge in [-0.2, -0.15) is 9.97 Å². The summed E-state index contributed by atoms with van der Waals surface area (Å²) in [5, 5.41) is 4.70. The standard InChI is InChI=1S/C43H26N6O/c50-42-35-26-30(19-21-36(35)44-41-32-16-8-7-11-27(32)23-24-48(41)42)31-20-22-38-34(25-31)33-17-9-10-18-37(33)49(38)43-46-39(28-12-3-1-4-13-28)45-40(47-43)29-14-5-2-6-15-29/h1-26H. The van der Waals surface area contributed by atoms with Crippen LogP contribution in [0.4, 0.5) is 0 Å². The normalized spacial score (nSPS) is 11.7. The smallest absolute Gasteiger partial charge is 0.265 e. The summed E-state index contributed by atoms with van der Waals surface area (Å²) in [6, 6.07) is 50.6. The topological polar surface area (TPSA) is 78.0 Å². The van der Waals surface area contributed by atoms with Gasteiger partial charge in [0.2, 0.25) is 5.95 Å². The molecule has 6 aromatic carbocycles. The van der Waals surface area contributed by atoms with E-state index in [1.165, 1.54) is 0 Å². The Morgan fingerprint density at radius 1 is 0.440 bits per heavy atom. The van der Waals surface area contributed by atoms with E-state index >= 15 is 0 Å². The van der Waals surface area contributed by atoms with E-state index in [0.717, 1.165) is 54.8 Å². The Bertz CT molecular complexity index is 2950. The fourth-order valence-corrected chi connectivity index (χ4v) is 6.97. The quantitative estimate of drug-likeness (QED) is 0.141. The second-order valence-corrected chi connectivity index (χ2v) is 12.3. The van der Waals surface area contributed by atoms with Gasteiger partial charge >= 0.3 is 0 Å². The molecule has 7 nitrogen and oxygen atoms in total. The molecule has 0 unspecified atom stereocenters. The van der Waals surface area contributed by atoms with E-state index in [0.29, 0.717) is 34.1 Å².